The Morgan fingerprint density at radius 2 is 2.25 bits per heavy atom. The lowest BCUT2D eigenvalue weighted by Gasteiger charge is -1.93. The molecule has 0 aliphatic carbocycles. The third-order valence-electron chi connectivity index (χ3n) is 2.26. The molecule has 2 heterocycles. The van der Waals surface area contributed by atoms with Gasteiger partial charge in [-0.3, -0.25) is 0 Å². The molecule has 0 spiro atoms. The molecule has 2 rings (SSSR count). The van der Waals surface area contributed by atoms with E-state index < -0.39 is 0 Å². The zero-order chi connectivity index (χ0) is 11.4. The summed E-state index contributed by atoms with van der Waals surface area (Å²) in [6.45, 7) is 2.83. The maximum atomic E-state index is 5.52. The Labute approximate surface area is 93.9 Å². The summed E-state index contributed by atoms with van der Waals surface area (Å²) in [5.74, 6) is 2.03. The van der Waals surface area contributed by atoms with E-state index in [9.17, 15) is 0 Å². The van der Waals surface area contributed by atoms with Crippen LogP contribution < -0.4 is 5.32 Å². The molecule has 1 N–H and O–H groups in total. The summed E-state index contributed by atoms with van der Waals surface area (Å²) in [6.07, 6.45) is 3.41. The molecule has 0 amide bonds. The van der Waals surface area contributed by atoms with Gasteiger partial charge in [-0.2, -0.15) is 0 Å². The van der Waals surface area contributed by atoms with Gasteiger partial charge in [0.25, 0.3) is 5.89 Å². The molecule has 0 radical (unpaired) electrons. The fourth-order valence-corrected chi connectivity index (χ4v) is 1.44. The maximum Gasteiger partial charge on any atom is 0.250 e. The molecular formula is C11H15N3O2. The Hall–Kier alpha value is -1.62. The first-order chi connectivity index (χ1) is 7.79. The second kappa shape index (κ2) is 4.94. The van der Waals surface area contributed by atoms with Crippen molar-refractivity contribution >= 4 is 0 Å². The monoisotopic (exact) mass is 221 g/mol. The zero-order valence-corrected chi connectivity index (χ0v) is 9.49. The van der Waals surface area contributed by atoms with Crippen LogP contribution in [0.5, 0.6) is 0 Å². The molecular weight excluding hydrogens is 206 g/mol. The molecule has 0 bridgehead atoms. The Balaban J connectivity index is 2.02. The van der Waals surface area contributed by atoms with Crippen LogP contribution in [0, 0.1) is 6.92 Å². The standard InChI is InChI=1S/C11H15N3O2/c1-8-6-9(7-15-8)11-14-13-10(16-11)4-3-5-12-2/h6-7,12H,3-5H2,1-2H3. The first-order valence-electron chi connectivity index (χ1n) is 5.32. The minimum Gasteiger partial charge on any atom is -0.469 e. The van der Waals surface area contributed by atoms with Crippen LogP contribution >= 0.6 is 0 Å². The molecule has 16 heavy (non-hydrogen) atoms. The van der Waals surface area contributed by atoms with Crippen molar-refractivity contribution in [2.24, 2.45) is 0 Å². The zero-order valence-electron chi connectivity index (χ0n) is 9.49. The van der Waals surface area contributed by atoms with Gasteiger partial charge in [-0.25, -0.2) is 0 Å². The third-order valence-corrected chi connectivity index (χ3v) is 2.26. The average Bonchev–Trinajstić information content (AvgIpc) is 2.87. The molecule has 0 saturated carbocycles. The summed E-state index contributed by atoms with van der Waals surface area (Å²) in [6, 6.07) is 1.88. The smallest absolute Gasteiger partial charge is 0.250 e. The number of hydrogen-bond acceptors (Lipinski definition) is 5. The summed E-state index contributed by atoms with van der Waals surface area (Å²) >= 11 is 0. The van der Waals surface area contributed by atoms with Crippen LogP contribution in [0.4, 0.5) is 0 Å². The van der Waals surface area contributed by atoms with Gasteiger partial charge in [-0.1, -0.05) is 0 Å². The van der Waals surface area contributed by atoms with Gasteiger partial charge in [0.2, 0.25) is 5.89 Å². The lowest BCUT2D eigenvalue weighted by molar-refractivity contribution is 0.492. The Morgan fingerprint density at radius 3 is 2.94 bits per heavy atom. The number of aromatic nitrogens is 2. The van der Waals surface area contributed by atoms with Crippen LogP contribution in [0.2, 0.25) is 0 Å². The summed E-state index contributed by atoms with van der Waals surface area (Å²) in [5.41, 5.74) is 0.838. The molecule has 0 aliphatic heterocycles. The van der Waals surface area contributed by atoms with E-state index in [1.807, 2.05) is 20.0 Å². The second-order valence-electron chi connectivity index (χ2n) is 3.65. The highest BCUT2D eigenvalue weighted by Gasteiger charge is 2.10. The van der Waals surface area contributed by atoms with Crippen molar-refractivity contribution in [3.63, 3.8) is 0 Å². The highest BCUT2D eigenvalue weighted by molar-refractivity contribution is 5.50. The van der Waals surface area contributed by atoms with Gasteiger partial charge in [0.05, 0.1) is 5.56 Å². The van der Waals surface area contributed by atoms with E-state index in [1.165, 1.54) is 0 Å². The van der Waals surface area contributed by atoms with Gasteiger partial charge in [-0.15, -0.1) is 10.2 Å². The summed E-state index contributed by atoms with van der Waals surface area (Å²) < 4.78 is 10.7. The number of aryl methyl sites for hydroxylation is 2. The minimum absolute atomic E-state index is 0.524. The van der Waals surface area contributed by atoms with Crippen LogP contribution in [-0.4, -0.2) is 23.8 Å². The highest BCUT2D eigenvalue weighted by atomic mass is 16.4. The molecule has 0 aromatic carbocycles. The number of rotatable bonds is 5. The SMILES string of the molecule is CNCCCc1nnc(-c2coc(C)c2)o1. The van der Waals surface area contributed by atoms with E-state index in [1.54, 1.807) is 6.26 Å². The van der Waals surface area contributed by atoms with Crippen LogP contribution in [0.3, 0.4) is 0 Å². The van der Waals surface area contributed by atoms with Crippen molar-refractivity contribution in [2.75, 3.05) is 13.6 Å². The minimum atomic E-state index is 0.524. The number of furan rings is 1. The van der Waals surface area contributed by atoms with Crippen molar-refractivity contribution < 1.29 is 8.83 Å². The lowest BCUT2D eigenvalue weighted by Crippen LogP contribution is -2.08. The molecule has 5 heteroatoms. The lowest BCUT2D eigenvalue weighted by atomic mass is 10.3. The number of hydrogen-bond donors (Lipinski definition) is 1. The first kappa shape index (κ1) is 10.9. The average molecular weight is 221 g/mol. The molecule has 86 valence electrons. The fourth-order valence-electron chi connectivity index (χ4n) is 1.44. The predicted molar refractivity (Wildman–Crippen MR) is 59.0 cm³/mol. The number of nitrogens with one attached hydrogen (secondary N) is 1. The molecule has 0 atom stereocenters. The van der Waals surface area contributed by atoms with Gasteiger partial charge in [-0.05, 0) is 33.0 Å². The molecule has 0 unspecified atom stereocenters. The maximum absolute atomic E-state index is 5.52. The molecule has 0 fully saturated rings. The van der Waals surface area contributed by atoms with Crippen molar-refractivity contribution in [1.82, 2.24) is 15.5 Å². The van der Waals surface area contributed by atoms with E-state index in [0.717, 1.165) is 30.7 Å². The van der Waals surface area contributed by atoms with Gasteiger partial charge >= 0.3 is 0 Å². The molecule has 0 aliphatic rings. The van der Waals surface area contributed by atoms with Crippen LogP contribution in [0.25, 0.3) is 11.5 Å². The summed E-state index contributed by atoms with van der Waals surface area (Å²) in [5, 5.41) is 11.0. The topological polar surface area (TPSA) is 64.1 Å². The van der Waals surface area contributed by atoms with E-state index in [-0.39, 0.29) is 0 Å². The van der Waals surface area contributed by atoms with E-state index >= 15 is 0 Å². The van der Waals surface area contributed by atoms with Crippen molar-refractivity contribution in [3.8, 4) is 11.5 Å². The van der Waals surface area contributed by atoms with Crippen molar-refractivity contribution in [2.45, 2.75) is 19.8 Å². The van der Waals surface area contributed by atoms with Crippen LogP contribution in [0.1, 0.15) is 18.1 Å². The van der Waals surface area contributed by atoms with Gasteiger partial charge < -0.3 is 14.2 Å². The quantitative estimate of drug-likeness (QED) is 0.780. The summed E-state index contributed by atoms with van der Waals surface area (Å²) in [4.78, 5) is 0. The van der Waals surface area contributed by atoms with Gasteiger partial charge in [0, 0.05) is 6.42 Å². The molecule has 2 aromatic rings. The van der Waals surface area contributed by atoms with E-state index in [2.05, 4.69) is 15.5 Å². The van der Waals surface area contributed by atoms with Crippen molar-refractivity contribution in [1.29, 1.82) is 0 Å². The second-order valence-corrected chi connectivity index (χ2v) is 3.65. The van der Waals surface area contributed by atoms with Crippen LogP contribution in [-0.2, 0) is 6.42 Å². The Kier molecular flexibility index (Phi) is 3.36. The largest absolute Gasteiger partial charge is 0.469 e. The van der Waals surface area contributed by atoms with Crippen molar-refractivity contribution in [3.05, 3.63) is 24.0 Å². The molecule has 2 aromatic heterocycles. The van der Waals surface area contributed by atoms with Crippen LogP contribution in [0.15, 0.2) is 21.2 Å². The molecule has 5 nitrogen and oxygen atoms in total. The van der Waals surface area contributed by atoms with E-state index in [4.69, 9.17) is 8.83 Å². The van der Waals surface area contributed by atoms with Gasteiger partial charge in [0.15, 0.2) is 0 Å². The third kappa shape index (κ3) is 2.49. The highest BCUT2D eigenvalue weighted by Crippen LogP contribution is 2.20. The Morgan fingerprint density at radius 1 is 1.38 bits per heavy atom. The Bertz CT molecular complexity index is 448. The molecule has 0 saturated heterocycles. The first-order valence-corrected chi connectivity index (χ1v) is 5.32. The normalized spacial score (nSPS) is 10.9. The number of nitrogens with zero attached hydrogens (tertiary/aromatic N) is 2. The fraction of sp³-hybridized carbons (Fsp3) is 0.455. The summed E-state index contributed by atoms with van der Waals surface area (Å²) in [7, 11) is 1.92. The van der Waals surface area contributed by atoms with Gasteiger partial charge in [0.1, 0.15) is 12.0 Å². The predicted octanol–water partition coefficient (Wildman–Crippen LogP) is 1.79. The van der Waals surface area contributed by atoms with E-state index in [0.29, 0.717) is 11.8 Å².